The van der Waals surface area contributed by atoms with Gasteiger partial charge >= 0.3 is 0 Å². The summed E-state index contributed by atoms with van der Waals surface area (Å²) in [6.45, 7) is 6.48. The van der Waals surface area contributed by atoms with E-state index < -0.39 is 0 Å². The Morgan fingerprint density at radius 1 is 1.27 bits per heavy atom. The highest BCUT2D eigenvalue weighted by Crippen LogP contribution is 2.20. The summed E-state index contributed by atoms with van der Waals surface area (Å²) in [5, 5.41) is 6.31. The van der Waals surface area contributed by atoms with Gasteiger partial charge < -0.3 is 4.57 Å². The Morgan fingerprint density at radius 2 is 1.96 bits per heavy atom. The number of amides is 1. The number of benzene rings is 1. The average Bonchev–Trinajstić information content (AvgIpc) is 3.04. The molecule has 0 bridgehead atoms. The van der Waals surface area contributed by atoms with Crippen molar-refractivity contribution in [3.63, 3.8) is 0 Å². The minimum atomic E-state index is -0.266. The Labute approximate surface area is 166 Å². The molecule has 3 rings (SSSR count). The number of carbonyl (C=O) groups is 1. The van der Waals surface area contributed by atoms with E-state index in [9.17, 15) is 4.79 Å². The normalized spacial score (nSPS) is 10.9. The lowest BCUT2D eigenvalue weighted by Crippen LogP contribution is -2.24. The van der Waals surface area contributed by atoms with E-state index in [2.05, 4.69) is 53.3 Å². The molecule has 0 saturated heterocycles. The van der Waals surface area contributed by atoms with Gasteiger partial charge in [-0.15, -0.1) is 40.0 Å². The Hall–Kier alpha value is -2.51. The van der Waals surface area contributed by atoms with E-state index in [0.29, 0.717) is 16.9 Å². The zero-order valence-electron chi connectivity index (χ0n) is 14.3. The first-order valence-corrected chi connectivity index (χ1v) is 8.67. The van der Waals surface area contributed by atoms with Crippen LogP contribution in [0.5, 0.6) is 0 Å². The number of halogens is 1. The summed E-state index contributed by atoms with van der Waals surface area (Å²) < 4.78 is 2.02. The van der Waals surface area contributed by atoms with E-state index in [1.807, 2.05) is 16.0 Å². The molecule has 0 atom stereocenters. The lowest BCUT2D eigenvalue weighted by atomic mass is 10.1. The third-order valence-corrected chi connectivity index (χ3v) is 4.52. The molecule has 2 aromatic heterocycles. The van der Waals surface area contributed by atoms with Gasteiger partial charge in [0, 0.05) is 29.9 Å². The molecule has 7 heteroatoms. The van der Waals surface area contributed by atoms with Crippen LogP contribution in [-0.2, 0) is 6.54 Å². The van der Waals surface area contributed by atoms with Gasteiger partial charge in [-0.1, -0.05) is 35.9 Å². The van der Waals surface area contributed by atoms with Crippen LogP contribution in [0.1, 0.15) is 15.9 Å². The van der Waals surface area contributed by atoms with Crippen LogP contribution in [0.4, 0.5) is 0 Å². The predicted molar refractivity (Wildman–Crippen MR) is 110 cm³/mol. The van der Waals surface area contributed by atoms with Crippen LogP contribution in [-0.4, -0.2) is 15.5 Å². The van der Waals surface area contributed by atoms with Crippen molar-refractivity contribution in [2.75, 3.05) is 0 Å². The largest absolute Gasteiger partial charge is 0.311 e. The molecule has 1 amide bonds. The van der Waals surface area contributed by atoms with E-state index in [4.69, 9.17) is 0 Å². The number of nitrogens with one attached hydrogen (secondary N) is 1. The molecule has 3 aromatic rings. The summed E-state index contributed by atoms with van der Waals surface area (Å²) in [7, 11) is 0. The second kappa shape index (κ2) is 9.26. The van der Waals surface area contributed by atoms with Crippen LogP contribution in [0.15, 0.2) is 71.9 Å². The standard InChI is InChI=1S/C19H18N4OS.BrH/c1-3-12-23-17(15-6-4-14(2)5-7-15)13-25-19(23)22-21-18(24)16-8-10-20-11-9-16;/h3-11,13H,1,12H2,2H3,(H,21,24);1H. The van der Waals surface area contributed by atoms with Crippen molar-refractivity contribution in [1.82, 2.24) is 15.0 Å². The number of pyridine rings is 1. The van der Waals surface area contributed by atoms with E-state index in [0.717, 1.165) is 11.3 Å². The fraction of sp³-hybridized carbons (Fsp3) is 0.105. The van der Waals surface area contributed by atoms with Crippen LogP contribution in [0.3, 0.4) is 0 Å². The summed E-state index contributed by atoms with van der Waals surface area (Å²) in [6.07, 6.45) is 4.97. The van der Waals surface area contributed by atoms with Gasteiger partial charge in [-0.25, -0.2) is 5.43 Å². The smallest absolute Gasteiger partial charge is 0.271 e. The average molecular weight is 431 g/mol. The molecule has 1 aromatic carbocycles. The van der Waals surface area contributed by atoms with E-state index in [-0.39, 0.29) is 22.9 Å². The molecule has 0 saturated carbocycles. The molecule has 0 unspecified atom stereocenters. The quantitative estimate of drug-likeness (QED) is 0.492. The molecule has 0 aliphatic carbocycles. The number of nitrogens with zero attached hydrogens (tertiary/aromatic N) is 3. The minimum absolute atomic E-state index is 0. The Bertz CT molecular complexity index is 946. The van der Waals surface area contributed by atoms with Crippen molar-refractivity contribution >= 4 is 34.2 Å². The zero-order valence-corrected chi connectivity index (χ0v) is 16.8. The predicted octanol–water partition coefficient (Wildman–Crippen LogP) is 3.93. The summed E-state index contributed by atoms with van der Waals surface area (Å²) >= 11 is 1.47. The van der Waals surface area contributed by atoms with Gasteiger partial charge in [0.1, 0.15) is 0 Å². The monoisotopic (exact) mass is 430 g/mol. The second-order valence-electron chi connectivity index (χ2n) is 5.46. The van der Waals surface area contributed by atoms with E-state index in [1.54, 1.807) is 24.5 Å². The number of carbonyl (C=O) groups excluding carboxylic acids is 1. The molecule has 0 radical (unpaired) electrons. The SMILES string of the molecule is Br.C=CCn1c(-c2ccc(C)cc2)csc1=NNC(=O)c1ccncc1. The second-order valence-corrected chi connectivity index (χ2v) is 6.29. The number of aromatic nitrogens is 2. The fourth-order valence-corrected chi connectivity index (χ4v) is 3.22. The highest BCUT2D eigenvalue weighted by molar-refractivity contribution is 8.93. The van der Waals surface area contributed by atoms with Gasteiger partial charge in [-0.3, -0.25) is 9.78 Å². The molecule has 1 N–H and O–H groups in total. The number of rotatable bonds is 5. The molecular weight excluding hydrogens is 412 g/mol. The van der Waals surface area contributed by atoms with Crippen molar-refractivity contribution < 1.29 is 4.79 Å². The van der Waals surface area contributed by atoms with Crippen molar-refractivity contribution in [2.45, 2.75) is 13.5 Å². The summed E-state index contributed by atoms with van der Waals surface area (Å²) in [5.74, 6) is -0.266. The molecule has 2 heterocycles. The lowest BCUT2D eigenvalue weighted by Gasteiger charge is -2.07. The van der Waals surface area contributed by atoms with Crippen LogP contribution in [0.25, 0.3) is 11.3 Å². The third kappa shape index (κ3) is 4.56. The minimum Gasteiger partial charge on any atom is -0.311 e. The molecule has 0 spiro atoms. The molecule has 0 fully saturated rings. The van der Waals surface area contributed by atoms with Crippen molar-refractivity contribution in [3.8, 4) is 11.3 Å². The van der Waals surface area contributed by atoms with Gasteiger partial charge in [0.25, 0.3) is 5.91 Å². The summed E-state index contributed by atoms with van der Waals surface area (Å²) in [6, 6.07) is 11.6. The molecular formula is C19H19BrN4OS. The number of thiazole rings is 1. The van der Waals surface area contributed by atoms with Gasteiger partial charge in [-0.2, -0.15) is 0 Å². The first kappa shape index (κ1) is 19.8. The Morgan fingerprint density at radius 3 is 2.62 bits per heavy atom. The molecule has 5 nitrogen and oxygen atoms in total. The first-order valence-electron chi connectivity index (χ1n) is 7.79. The molecule has 26 heavy (non-hydrogen) atoms. The molecule has 0 aliphatic heterocycles. The number of hydrogen-bond donors (Lipinski definition) is 1. The van der Waals surface area contributed by atoms with Gasteiger partial charge in [-0.05, 0) is 24.6 Å². The maximum atomic E-state index is 12.1. The molecule has 0 aliphatic rings. The third-order valence-electron chi connectivity index (χ3n) is 3.65. The first-order chi connectivity index (χ1) is 12.2. The maximum Gasteiger partial charge on any atom is 0.271 e. The highest BCUT2D eigenvalue weighted by atomic mass is 79.9. The van der Waals surface area contributed by atoms with Crippen LogP contribution >= 0.6 is 28.3 Å². The van der Waals surface area contributed by atoms with Crippen molar-refractivity contribution in [1.29, 1.82) is 0 Å². The Kier molecular flexibility index (Phi) is 7.06. The topological polar surface area (TPSA) is 59.3 Å². The fourth-order valence-electron chi connectivity index (χ4n) is 2.35. The van der Waals surface area contributed by atoms with Crippen molar-refractivity contribution in [2.24, 2.45) is 5.10 Å². The van der Waals surface area contributed by atoms with Crippen LogP contribution in [0.2, 0.25) is 0 Å². The van der Waals surface area contributed by atoms with Crippen LogP contribution in [0, 0.1) is 6.92 Å². The van der Waals surface area contributed by atoms with Gasteiger partial charge in [0.15, 0.2) is 0 Å². The van der Waals surface area contributed by atoms with E-state index in [1.165, 1.54) is 16.9 Å². The number of aryl methyl sites for hydroxylation is 1. The van der Waals surface area contributed by atoms with Crippen LogP contribution < -0.4 is 10.2 Å². The highest BCUT2D eigenvalue weighted by Gasteiger charge is 2.08. The maximum absolute atomic E-state index is 12.1. The van der Waals surface area contributed by atoms with Crippen molar-refractivity contribution in [3.05, 3.63) is 82.8 Å². The number of allylic oxidation sites excluding steroid dienone is 1. The van der Waals surface area contributed by atoms with E-state index >= 15 is 0 Å². The molecule has 134 valence electrons. The Balaban J connectivity index is 0.00000243. The van der Waals surface area contributed by atoms with Gasteiger partial charge in [0.2, 0.25) is 4.80 Å². The number of hydrogen-bond acceptors (Lipinski definition) is 4. The zero-order chi connectivity index (χ0) is 17.6. The lowest BCUT2D eigenvalue weighted by molar-refractivity contribution is 0.0953. The summed E-state index contributed by atoms with van der Waals surface area (Å²) in [5.41, 5.74) is 6.48. The van der Waals surface area contributed by atoms with Gasteiger partial charge in [0.05, 0.1) is 5.69 Å². The summed E-state index contributed by atoms with van der Waals surface area (Å²) in [4.78, 5) is 16.8.